The molecular weight excluding hydrogens is 207 g/mol. The van der Waals surface area contributed by atoms with Gasteiger partial charge in [0.15, 0.2) is 0 Å². The van der Waals surface area contributed by atoms with E-state index in [1.807, 2.05) is 4.93 Å². The summed E-state index contributed by atoms with van der Waals surface area (Å²) in [6.07, 6.45) is 0.222. The summed E-state index contributed by atoms with van der Waals surface area (Å²) in [7, 11) is 0. The van der Waals surface area contributed by atoms with Crippen LogP contribution in [0.4, 0.5) is 0 Å². The van der Waals surface area contributed by atoms with E-state index in [9.17, 15) is 4.79 Å². The Labute approximate surface area is 57.1 Å². The molecule has 0 aliphatic heterocycles. The lowest BCUT2D eigenvalue weighted by Crippen LogP contribution is -1.86. The fraction of sp³-hybridized carbons (Fsp3) is 0.750. The molecule has 0 unspecified atom stereocenters. The van der Waals surface area contributed by atoms with Gasteiger partial charge in [0.2, 0.25) is 0 Å². The van der Waals surface area contributed by atoms with Crippen LogP contribution in [0.3, 0.4) is 0 Å². The smallest absolute Gasteiger partial charge is 0.303 e. The van der Waals surface area contributed by atoms with Crippen LogP contribution in [0.1, 0.15) is 13.3 Å². The molecule has 0 aromatic heterocycles. The molecule has 0 bridgehead atoms. The third kappa shape index (κ3) is 22.6. The topological polar surface area (TPSA) is 37.3 Å². The van der Waals surface area contributed by atoms with Crippen LogP contribution in [0.15, 0.2) is 0 Å². The second-order valence-corrected chi connectivity index (χ2v) is 0.747. The fourth-order valence-corrected chi connectivity index (χ4v) is 0. The van der Waals surface area contributed by atoms with E-state index in [1.54, 1.807) is 6.92 Å². The third-order valence-corrected chi connectivity index (χ3v) is 0.302. The van der Waals surface area contributed by atoms with E-state index in [0.29, 0.717) is 0 Å². The molecular formula is C4H9IO2. The Morgan fingerprint density at radius 3 is 1.86 bits per heavy atom. The van der Waals surface area contributed by atoms with Crippen LogP contribution < -0.4 is 0 Å². The normalized spacial score (nSPS) is 6.14. The Morgan fingerprint density at radius 1 is 1.71 bits per heavy atom. The van der Waals surface area contributed by atoms with Crippen molar-refractivity contribution in [2.24, 2.45) is 0 Å². The number of carboxylic acid groups (broad SMARTS) is 1. The first-order valence-electron chi connectivity index (χ1n) is 1.87. The van der Waals surface area contributed by atoms with Crippen molar-refractivity contribution >= 4 is 28.6 Å². The number of hydrogen-bond donors (Lipinski definition) is 1. The van der Waals surface area contributed by atoms with Gasteiger partial charge in [-0.25, -0.2) is 0 Å². The molecule has 2 nitrogen and oxygen atoms in total. The van der Waals surface area contributed by atoms with Crippen molar-refractivity contribution in [3.05, 3.63) is 0 Å². The van der Waals surface area contributed by atoms with Crippen molar-refractivity contribution < 1.29 is 9.90 Å². The number of aliphatic carboxylic acids is 1. The number of carboxylic acids is 1. The summed E-state index contributed by atoms with van der Waals surface area (Å²) in [5.41, 5.74) is 0. The van der Waals surface area contributed by atoms with E-state index in [1.165, 1.54) is 0 Å². The second-order valence-electron chi connectivity index (χ2n) is 0.747. The molecule has 44 valence electrons. The van der Waals surface area contributed by atoms with E-state index in [0.717, 1.165) is 0 Å². The predicted octanol–water partition coefficient (Wildman–Crippen LogP) is 1.53. The number of alkyl halides is 1. The van der Waals surface area contributed by atoms with Gasteiger partial charge in [-0.05, 0) is 4.93 Å². The van der Waals surface area contributed by atoms with Crippen molar-refractivity contribution in [3.63, 3.8) is 0 Å². The van der Waals surface area contributed by atoms with Gasteiger partial charge < -0.3 is 5.11 Å². The lowest BCUT2D eigenvalue weighted by molar-refractivity contribution is -0.136. The lowest BCUT2D eigenvalue weighted by Gasteiger charge is -1.71. The molecule has 0 saturated heterocycles. The Hall–Kier alpha value is 0.200. The van der Waals surface area contributed by atoms with Gasteiger partial charge >= 0.3 is 5.97 Å². The molecule has 0 rings (SSSR count). The molecule has 0 fully saturated rings. The first-order valence-corrected chi connectivity index (χ1v) is 4.02. The lowest BCUT2D eigenvalue weighted by atomic mass is 10.5. The van der Waals surface area contributed by atoms with Crippen molar-refractivity contribution in [3.8, 4) is 0 Å². The molecule has 0 aromatic carbocycles. The molecule has 0 aromatic rings. The monoisotopic (exact) mass is 216 g/mol. The van der Waals surface area contributed by atoms with Gasteiger partial charge in [0.1, 0.15) is 0 Å². The Bertz CT molecular complexity index is 45.0. The van der Waals surface area contributed by atoms with Crippen LogP contribution in [0, 0.1) is 0 Å². The van der Waals surface area contributed by atoms with Gasteiger partial charge in [-0.1, -0.05) is 29.5 Å². The zero-order valence-electron chi connectivity index (χ0n) is 4.44. The molecule has 1 N–H and O–H groups in total. The summed E-state index contributed by atoms with van der Waals surface area (Å²) in [5, 5.41) is 7.72. The molecule has 0 aliphatic carbocycles. The van der Waals surface area contributed by atoms with Gasteiger partial charge in [0.25, 0.3) is 0 Å². The molecule has 7 heavy (non-hydrogen) atoms. The van der Waals surface area contributed by atoms with Crippen LogP contribution in [-0.4, -0.2) is 16.0 Å². The van der Waals surface area contributed by atoms with Crippen LogP contribution in [-0.2, 0) is 4.79 Å². The van der Waals surface area contributed by atoms with Gasteiger partial charge in [0, 0.05) is 6.42 Å². The Balaban J connectivity index is 0. The Morgan fingerprint density at radius 2 is 1.86 bits per heavy atom. The summed E-state index contributed by atoms with van der Waals surface area (Å²) < 4.78 is 0. The minimum Gasteiger partial charge on any atom is -0.481 e. The molecule has 0 amide bonds. The third-order valence-electron chi connectivity index (χ3n) is 0.302. The molecule has 3 heteroatoms. The van der Waals surface area contributed by atoms with E-state index < -0.39 is 5.97 Å². The van der Waals surface area contributed by atoms with Gasteiger partial charge in [-0.2, -0.15) is 0 Å². The highest BCUT2D eigenvalue weighted by molar-refractivity contribution is 14.1. The molecule has 0 atom stereocenters. The molecule has 0 saturated carbocycles. The summed E-state index contributed by atoms with van der Waals surface area (Å²) in [4.78, 5) is 11.3. The zero-order chi connectivity index (χ0) is 6.28. The largest absolute Gasteiger partial charge is 0.481 e. The van der Waals surface area contributed by atoms with Crippen LogP contribution in [0.25, 0.3) is 0 Å². The van der Waals surface area contributed by atoms with E-state index in [2.05, 4.69) is 22.6 Å². The summed E-state index contributed by atoms with van der Waals surface area (Å²) in [6.45, 7) is 1.60. The van der Waals surface area contributed by atoms with E-state index in [-0.39, 0.29) is 6.42 Å². The summed E-state index contributed by atoms with van der Waals surface area (Å²) >= 11 is 2.15. The number of rotatable bonds is 1. The predicted molar refractivity (Wildman–Crippen MR) is 37.9 cm³/mol. The van der Waals surface area contributed by atoms with Crippen LogP contribution in [0.2, 0.25) is 0 Å². The second kappa shape index (κ2) is 9.50. The number of halogens is 1. The summed E-state index contributed by atoms with van der Waals surface area (Å²) in [5.74, 6) is -0.745. The first-order chi connectivity index (χ1) is 3.27. The SMILES string of the molecule is CCC(=O)O.CI. The molecule has 0 radical (unpaired) electrons. The zero-order valence-corrected chi connectivity index (χ0v) is 6.60. The quantitative estimate of drug-likeness (QED) is 0.533. The van der Waals surface area contributed by atoms with Gasteiger partial charge in [0.05, 0.1) is 0 Å². The van der Waals surface area contributed by atoms with Crippen LogP contribution in [0.5, 0.6) is 0 Å². The minimum absolute atomic E-state index is 0.222. The number of carbonyl (C=O) groups is 1. The van der Waals surface area contributed by atoms with E-state index in [4.69, 9.17) is 5.11 Å². The van der Waals surface area contributed by atoms with Gasteiger partial charge in [-0.3, -0.25) is 4.79 Å². The molecule has 0 heterocycles. The maximum Gasteiger partial charge on any atom is 0.303 e. The summed E-state index contributed by atoms with van der Waals surface area (Å²) in [6, 6.07) is 0. The highest BCUT2D eigenvalue weighted by Gasteiger charge is 1.80. The highest BCUT2D eigenvalue weighted by Crippen LogP contribution is 1.67. The van der Waals surface area contributed by atoms with Crippen molar-refractivity contribution in [2.75, 3.05) is 4.93 Å². The average Bonchev–Trinajstić information content (AvgIpc) is 1.73. The van der Waals surface area contributed by atoms with Crippen molar-refractivity contribution in [2.45, 2.75) is 13.3 Å². The molecule has 0 spiro atoms. The van der Waals surface area contributed by atoms with Crippen LogP contribution >= 0.6 is 22.6 Å². The Kier molecular flexibility index (Phi) is 13.9. The average molecular weight is 216 g/mol. The first kappa shape index (κ1) is 10.2. The highest BCUT2D eigenvalue weighted by atomic mass is 127. The van der Waals surface area contributed by atoms with Gasteiger partial charge in [-0.15, -0.1) is 0 Å². The minimum atomic E-state index is -0.745. The maximum atomic E-state index is 9.37. The van der Waals surface area contributed by atoms with Crippen molar-refractivity contribution in [1.29, 1.82) is 0 Å². The fourth-order valence-electron chi connectivity index (χ4n) is 0. The van der Waals surface area contributed by atoms with E-state index >= 15 is 0 Å². The van der Waals surface area contributed by atoms with Crippen molar-refractivity contribution in [1.82, 2.24) is 0 Å². The maximum absolute atomic E-state index is 9.37. The number of hydrogen-bond acceptors (Lipinski definition) is 1. The standard InChI is InChI=1S/C3H6O2.CH3I/c1-2-3(4)5;1-2/h2H2,1H3,(H,4,5);1H3. The molecule has 0 aliphatic rings.